The largest absolute Gasteiger partial charge is 0.490 e. The van der Waals surface area contributed by atoms with Crippen LogP contribution >= 0.6 is 11.6 Å². The van der Waals surface area contributed by atoms with Gasteiger partial charge >= 0.3 is 6.09 Å². The molecular formula is C36H46ClN3O6S. The monoisotopic (exact) mass is 683 g/mol. The minimum atomic E-state index is -3.83. The number of nitrogens with zero attached hydrogens (tertiary/aromatic N) is 2. The maximum absolute atomic E-state index is 13.8. The Morgan fingerprint density at radius 2 is 1.83 bits per heavy atom. The lowest BCUT2D eigenvalue weighted by atomic mass is 9.96. The molecule has 0 bridgehead atoms. The molecule has 9 nitrogen and oxygen atoms in total. The molecular weight excluding hydrogens is 638 g/mol. The van der Waals surface area contributed by atoms with Gasteiger partial charge in [0, 0.05) is 47.7 Å². The minimum Gasteiger partial charge on any atom is -0.490 e. The van der Waals surface area contributed by atoms with Crippen molar-refractivity contribution in [3.05, 3.63) is 77.1 Å². The Hall–Kier alpha value is -3.18. The van der Waals surface area contributed by atoms with E-state index in [4.69, 9.17) is 25.8 Å². The molecule has 1 heterocycles. The van der Waals surface area contributed by atoms with Crippen LogP contribution < -0.4 is 10.1 Å². The standard InChI is InChI=1S/C36H46ClN3O6S/c1-25(2)40(21-9-8-19-39-34(41)46-35(3,4)5)47(42,43)28-14-15-32(37)26(22-28)24-44-36(17-18-36)31-23-38-20-16-29(31)30-10-6-7-11-33(30)45-27-12-13-27/h6-7,10-11,14-16,20,22-23,25,27H,8-9,12-13,17-19,21,24H2,1-5H3,(H,39,41). The average molecular weight is 684 g/mol. The van der Waals surface area contributed by atoms with Crippen LogP contribution in [0.5, 0.6) is 5.75 Å². The van der Waals surface area contributed by atoms with Crippen molar-refractivity contribution in [2.45, 2.75) is 108 Å². The highest BCUT2D eigenvalue weighted by Gasteiger charge is 2.48. The highest BCUT2D eigenvalue weighted by atomic mass is 35.5. The molecule has 0 unspecified atom stereocenters. The number of alkyl carbamates (subject to hydrolysis) is 1. The number of carbonyl (C=O) groups excluding carboxylic acids is 1. The highest BCUT2D eigenvalue weighted by molar-refractivity contribution is 7.89. The van der Waals surface area contributed by atoms with Gasteiger partial charge in [0.1, 0.15) is 11.4 Å². The Labute approximate surface area is 284 Å². The van der Waals surface area contributed by atoms with E-state index in [9.17, 15) is 13.2 Å². The van der Waals surface area contributed by atoms with Crippen LogP contribution in [-0.2, 0) is 31.7 Å². The molecule has 0 radical (unpaired) electrons. The van der Waals surface area contributed by atoms with E-state index in [0.717, 1.165) is 48.1 Å². The lowest BCUT2D eigenvalue weighted by Crippen LogP contribution is -2.38. The van der Waals surface area contributed by atoms with E-state index in [2.05, 4.69) is 16.4 Å². The van der Waals surface area contributed by atoms with E-state index < -0.39 is 27.3 Å². The van der Waals surface area contributed by atoms with Gasteiger partial charge in [-0.1, -0.05) is 29.8 Å². The number of nitrogens with one attached hydrogen (secondary N) is 1. The molecule has 2 saturated carbocycles. The molecule has 1 aromatic heterocycles. The molecule has 1 N–H and O–H groups in total. The number of benzene rings is 2. The Balaban J connectivity index is 1.27. The van der Waals surface area contributed by atoms with Gasteiger partial charge < -0.3 is 19.5 Å². The summed E-state index contributed by atoms with van der Waals surface area (Å²) in [6.07, 6.45) is 8.38. The summed E-state index contributed by atoms with van der Waals surface area (Å²) in [4.78, 5) is 16.5. The van der Waals surface area contributed by atoms with Gasteiger partial charge in [-0.3, -0.25) is 4.98 Å². The fraction of sp³-hybridized carbons (Fsp3) is 0.500. The first-order valence-corrected chi connectivity index (χ1v) is 18.2. The van der Waals surface area contributed by atoms with Crippen LogP contribution in [0.2, 0.25) is 5.02 Å². The molecule has 0 aliphatic heterocycles. The van der Waals surface area contributed by atoms with Gasteiger partial charge in [-0.2, -0.15) is 4.31 Å². The van der Waals surface area contributed by atoms with Crippen LogP contribution in [0.4, 0.5) is 4.79 Å². The van der Waals surface area contributed by atoms with Gasteiger partial charge in [0.05, 0.1) is 23.2 Å². The van der Waals surface area contributed by atoms with Crippen molar-refractivity contribution < 1.29 is 27.4 Å². The molecule has 254 valence electrons. The molecule has 2 fully saturated rings. The van der Waals surface area contributed by atoms with Gasteiger partial charge in [0.15, 0.2) is 0 Å². The Morgan fingerprint density at radius 1 is 1.09 bits per heavy atom. The summed E-state index contributed by atoms with van der Waals surface area (Å²) < 4.78 is 47.3. The molecule has 0 spiro atoms. The van der Waals surface area contributed by atoms with Gasteiger partial charge in [-0.15, -0.1) is 0 Å². The molecule has 2 aliphatic rings. The lowest BCUT2D eigenvalue weighted by Gasteiger charge is -2.26. The average Bonchev–Trinajstić information content (AvgIpc) is 3.95. The Kier molecular flexibility index (Phi) is 10.9. The number of rotatable bonds is 15. The van der Waals surface area contributed by atoms with Crippen LogP contribution in [0.25, 0.3) is 11.1 Å². The summed E-state index contributed by atoms with van der Waals surface area (Å²) in [5.41, 5.74) is 2.49. The Bertz CT molecular complexity index is 1670. The number of hydrogen-bond donors (Lipinski definition) is 1. The molecule has 2 aliphatic carbocycles. The van der Waals surface area contributed by atoms with E-state index in [1.807, 2.05) is 44.3 Å². The molecule has 11 heteroatoms. The number of carbonyl (C=O) groups is 1. The van der Waals surface area contributed by atoms with Crippen LogP contribution in [0.1, 0.15) is 84.3 Å². The van der Waals surface area contributed by atoms with Crippen LogP contribution in [0, 0.1) is 0 Å². The first-order chi connectivity index (χ1) is 22.3. The van der Waals surface area contributed by atoms with Crippen molar-refractivity contribution >= 4 is 27.7 Å². The van der Waals surface area contributed by atoms with Crippen molar-refractivity contribution in [1.82, 2.24) is 14.6 Å². The van der Waals surface area contributed by atoms with Gasteiger partial charge in [0.25, 0.3) is 0 Å². The van der Waals surface area contributed by atoms with Crippen LogP contribution in [0.15, 0.2) is 65.8 Å². The van der Waals surface area contributed by atoms with Gasteiger partial charge in [-0.05, 0) is 115 Å². The predicted molar refractivity (Wildman–Crippen MR) is 183 cm³/mol. The number of hydrogen-bond acceptors (Lipinski definition) is 7. The summed E-state index contributed by atoms with van der Waals surface area (Å²) in [7, 11) is -3.83. The van der Waals surface area contributed by atoms with Crippen LogP contribution in [0.3, 0.4) is 0 Å². The number of para-hydroxylation sites is 1. The smallest absolute Gasteiger partial charge is 0.407 e. The van der Waals surface area contributed by atoms with E-state index in [0.29, 0.717) is 36.5 Å². The van der Waals surface area contributed by atoms with E-state index in [-0.39, 0.29) is 23.6 Å². The third kappa shape index (κ3) is 9.04. The minimum absolute atomic E-state index is 0.148. The second kappa shape index (κ2) is 14.5. The zero-order valence-corrected chi connectivity index (χ0v) is 29.5. The third-order valence-corrected chi connectivity index (χ3v) is 10.6. The topological polar surface area (TPSA) is 107 Å². The summed E-state index contributed by atoms with van der Waals surface area (Å²) in [6, 6.07) is 14.6. The normalized spacial score (nSPS) is 15.9. The first kappa shape index (κ1) is 35.1. The quantitative estimate of drug-likeness (QED) is 0.163. The number of amides is 1. The van der Waals surface area contributed by atoms with Gasteiger partial charge in [-0.25, -0.2) is 13.2 Å². The van der Waals surface area contributed by atoms with Crippen LogP contribution in [-0.4, -0.2) is 54.6 Å². The number of pyridine rings is 1. The van der Waals surface area contributed by atoms with Crippen molar-refractivity contribution in [2.24, 2.45) is 0 Å². The van der Waals surface area contributed by atoms with E-state index >= 15 is 0 Å². The SMILES string of the molecule is CC(C)N(CCCCNC(=O)OC(C)(C)C)S(=O)(=O)c1ccc(Cl)c(COC2(c3cnccc3-c3ccccc3OC3CC3)CC2)c1. The number of aromatic nitrogens is 1. The summed E-state index contributed by atoms with van der Waals surface area (Å²) in [5.74, 6) is 0.855. The zero-order chi connectivity index (χ0) is 33.8. The maximum atomic E-state index is 13.8. The molecule has 2 aromatic carbocycles. The zero-order valence-electron chi connectivity index (χ0n) is 27.9. The number of unbranched alkanes of at least 4 members (excludes halogenated alkanes) is 1. The molecule has 1 amide bonds. The highest BCUT2D eigenvalue weighted by Crippen LogP contribution is 2.53. The van der Waals surface area contributed by atoms with Crippen molar-refractivity contribution in [3.8, 4) is 16.9 Å². The summed E-state index contributed by atoms with van der Waals surface area (Å²) in [6.45, 7) is 9.97. The third-order valence-electron chi connectivity index (χ3n) is 8.19. The second-order valence-electron chi connectivity index (χ2n) is 13.6. The Morgan fingerprint density at radius 3 is 2.51 bits per heavy atom. The van der Waals surface area contributed by atoms with Crippen molar-refractivity contribution in [1.29, 1.82) is 0 Å². The second-order valence-corrected chi connectivity index (χ2v) is 15.9. The maximum Gasteiger partial charge on any atom is 0.407 e. The van der Waals surface area contributed by atoms with Crippen molar-refractivity contribution in [3.63, 3.8) is 0 Å². The van der Waals surface area contributed by atoms with Crippen molar-refractivity contribution in [2.75, 3.05) is 13.1 Å². The number of halogens is 1. The summed E-state index contributed by atoms with van der Waals surface area (Å²) in [5, 5.41) is 3.17. The number of ether oxygens (including phenoxy) is 3. The van der Waals surface area contributed by atoms with Gasteiger partial charge in [0.2, 0.25) is 10.0 Å². The van der Waals surface area contributed by atoms with E-state index in [1.165, 1.54) is 4.31 Å². The molecule has 5 rings (SSSR count). The first-order valence-electron chi connectivity index (χ1n) is 16.4. The van der Waals surface area contributed by atoms with E-state index in [1.54, 1.807) is 45.2 Å². The molecule has 3 aromatic rings. The fourth-order valence-corrected chi connectivity index (χ4v) is 7.38. The molecule has 0 saturated heterocycles. The predicted octanol–water partition coefficient (Wildman–Crippen LogP) is 7.85. The molecule has 0 atom stereocenters. The lowest BCUT2D eigenvalue weighted by molar-refractivity contribution is 0.0173. The summed E-state index contributed by atoms with van der Waals surface area (Å²) >= 11 is 6.61. The molecule has 47 heavy (non-hydrogen) atoms. The fourth-order valence-electron chi connectivity index (χ4n) is 5.48. The number of sulfonamides is 1.